The van der Waals surface area contributed by atoms with Crippen molar-refractivity contribution in [2.45, 2.75) is 25.3 Å². The molecule has 0 saturated heterocycles. The van der Waals surface area contributed by atoms with Gasteiger partial charge < -0.3 is 15.2 Å². The first-order valence-electron chi connectivity index (χ1n) is 6.28. The first-order chi connectivity index (χ1) is 9.38. The Bertz CT molecular complexity index is 556. The third-order valence-electron chi connectivity index (χ3n) is 3.62. The van der Waals surface area contributed by atoms with E-state index in [1.54, 1.807) is 0 Å². The molecule has 1 fully saturated rings. The molecule has 1 aromatic carbocycles. The lowest BCUT2D eigenvalue weighted by Crippen LogP contribution is -2.54. The fraction of sp³-hybridized carbons (Fsp3) is 0.429. The Kier molecular flexibility index (Phi) is 3.65. The number of ether oxygens (including phenoxy) is 1. The predicted molar refractivity (Wildman–Crippen MR) is 69.2 cm³/mol. The second-order valence-electron chi connectivity index (χ2n) is 5.09. The number of nitrogens with one attached hydrogen (secondary N) is 1. The summed E-state index contributed by atoms with van der Waals surface area (Å²) in [5.74, 6) is -2.32. The zero-order chi connectivity index (χ0) is 14.9. The van der Waals surface area contributed by atoms with Crippen LogP contribution in [0, 0.1) is 11.7 Å². The Morgan fingerprint density at radius 2 is 2.10 bits per heavy atom. The number of aliphatic carboxylic acids is 1. The number of hydrogen-bond acceptors (Lipinski definition) is 3. The molecule has 0 heterocycles. The molecule has 1 atom stereocenters. The maximum Gasteiger partial charge on any atom is 0.329 e. The van der Waals surface area contributed by atoms with Gasteiger partial charge in [0.15, 0.2) is 11.6 Å². The first-order valence-corrected chi connectivity index (χ1v) is 6.28. The van der Waals surface area contributed by atoms with Gasteiger partial charge in [-0.1, -0.05) is 0 Å². The summed E-state index contributed by atoms with van der Waals surface area (Å²) in [5, 5.41) is 11.8. The van der Waals surface area contributed by atoms with Crippen LogP contribution in [0.15, 0.2) is 18.2 Å². The van der Waals surface area contributed by atoms with Crippen LogP contribution in [0.1, 0.15) is 30.1 Å². The molecule has 1 saturated carbocycles. The summed E-state index contributed by atoms with van der Waals surface area (Å²) in [4.78, 5) is 23.5. The molecule has 6 heteroatoms. The van der Waals surface area contributed by atoms with E-state index in [9.17, 15) is 19.1 Å². The van der Waals surface area contributed by atoms with Crippen molar-refractivity contribution < 1.29 is 23.8 Å². The maximum atomic E-state index is 13.3. The number of halogens is 1. The summed E-state index contributed by atoms with van der Waals surface area (Å²) >= 11 is 0. The Hall–Kier alpha value is -2.11. The van der Waals surface area contributed by atoms with E-state index in [1.165, 1.54) is 26.2 Å². The summed E-state index contributed by atoms with van der Waals surface area (Å²) < 4.78 is 18.1. The smallest absolute Gasteiger partial charge is 0.329 e. The van der Waals surface area contributed by atoms with E-state index in [2.05, 4.69) is 5.32 Å². The molecule has 5 nitrogen and oxygen atoms in total. The van der Waals surface area contributed by atoms with Crippen molar-refractivity contribution in [1.82, 2.24) is 5.32 Å². The van der Waals surface area contributed by atoms with Crippen LogP contribution in [0.3, 0.4) is 0 Å². The van der Waals surface area contributed by atoms with Gasteiger partial charge in [-0.05, 0) is 43.9 Å². The average Bonchev–Trinajstić information content (AvgIpc) is 3.23. The molecule has 2 rings (SSSR count). The van der Waals surface area contributed by atoms with Crippen LogP contribution < -0.4 is 10.1 Å². The summed E-state index contributed by atoms with van der Waals surface area (Å²) in [6, 6.07) is 3.66. The second kappa shape index (κ2) is 5.11. The van der Waals surface area contributed by atoms with Crippen molar-refractivity contribution in [3.05, 3.63) is 29.6 Å². The number of benzene rings is 1. The van der Waals surface area contributed by atoms with Gasteiger partial charge in [0.25, 0.3) is 5.91 Å². The van der Waals surface area contributed by atoms with E-state index in [1.807, 2.05) is 0 Å². The van der Waals surface area contributed by atoms with Gasteiger partial charge in [-0.3, -0.25) is 4.79 Å². The molecule has 0 bridgehead atoms. The molecule has 0 radical (unpaired) electrons. The average molecular weight is 281 g/mol. The number of amides is 1. The fourth-order valence-corrected chi connectivity index (χ4v) is 2.10. The minimum absolute atomic E-state index is 0.0545. The number of methoxy groups -OCH3 is 1. The highest BCUT2D eigenvalue weighted by molar-refractivity contribution is 5.98. The summed E-state index contributed by atoms with van der Waals surface area (Å²) in [6.07, 6.45) is 1.55. The molecule has 1 aliphatic carbocycles. The molecule has 0 aliphatic heterocycles. The molecule has 1 aromatic rings. The van der Waals surface area contributed by atoms with Crippen LogP contribution in [0.2, 0.25) is 0 Å². The van der Waals surface area contributed by atoms with Crippen LogP contribution in [0.5, 0.6) is 5.75 Å². The Balaban J connectivity index is 2.21. The molecule has 1 aliphatic rings. The van der Waals surface area contributed by atoms with Gasteiger partial charge in [-0.2, -0.15) is 0 Å². The van der Waals surface area contributed by atoms with Crippen LogP contribution >= 0.6 is 0 Å². The quantitative estimate of drug-likeness (QED) is 0.863. The summed E-state index contributed by atoms with van der Waals surface area (Å²) in [5.41, 5.74) is -1.13. The SMILES string of the molecule is COc1cc(C(=O)N[C@@](C)(C(=O)O)C2CC2)ccc1F. The van der Waals surface area contributed by atoms with Gasteiger partial charge in [0.2, 0.25) is 0 Å². The monoisotopic (exact) mass is 281 g/mol. The molecular formula is C14H16FNO4. The number of rotatable bonds is 5. The molecule has 1 amide bonds. The highest BCUT2D eigenvalue weighted by Crippen LogP contribution is 2.39. The third kappa shape index (κ3) is 2.59. The van der Waals surface area contributed by atoms with Crippen molar-refractivity contribution in [3.8, 4) is 5.75 Å². The van der Waals surface area contributed by atoms with E-state index in [4.69, 9.17) is 4.74 Å². The van der Waals surface area contributed by atoms with Crippen molar-refractivity contribution >= 4 is 11.9 Å². The summed E-state index contributed by atoms with van der Waals surface area (Å²) in [7, 11) is 1.30. The third-order valence-corrected chi connectivity index (χ3v) is 3.62. The molecule has 0 spiro atoms. The Morgan fingerprint density at radius 1 is 1.45 bits per heavy atom. The predicted octanol–water partition coefficient (Wildman–Crippen LogP) is 1.82. The number of carboxylic acid groups (broad SMARTS) is 1. The number of carbonyl (C=O) groups excluding carboxylic acids is 1. The lowest BCUT2D eigenvalue weighted by molar-refractivity contribution is -0.144. The van der Waals surface area contributed by atoms with Gasteiger partial charge in [0.05, 0.1) is 7.11 Å². The van der Waals surface area contributed by atoms with Crippen LogP contribution in [-0.4, -0.2) is 29.6 Å². The molecular weight excluding hydrogens is 265 g/mol. The topological polar surface area (TPSA) is 75.6 Å². The minimum atomic E-state index is -1.29. The molecule has 20 heavy (non-hydrogen) atoms. The van der Waals surface area contributed by atoms with E-state index < -0.39 is 23.2 Å². The van der Waals surface area contributed by atoms with Gasteiger partial charge in [0, 0.05) is 5.56 Å². The van der Waals surface area contributed by atoms with Gasteiger partial charge in [-0.25, -0.2) is 9.18 Å². The Morgan fingerprint density at radius 3 is 2.60 bits per heavy atom. The Labute approximate surface area is 115 Å². The molecule has 0 aromatic heterocycles. The second-order valence-corrected chi connectivity index (χ2v) is 5.09. The highest BCUT2D eigenvalue weighted by Gasteiger charge is 2.48. The van der Waals surface area contributed by atoms with Crippen LogP contribution in [-0.2, 0) is 4.79 Å². The highest BCUT2D eigenvalue weighted by atomic mass is 19.1. The number of carboxylic acids is 1. The zero-order valence-electron chi connectivity index (χ0n) is 11.3. The zero-order valence-corrected chi connectivity index (χ0v) is 11.3. The lowest BCUT2D eigenvalue weighted by atomic mass is 9.95. The van der Waals surface area contributed by atoms with Crippen LogP contribution in [0.25, 0.3) is 0 Å². The van der Waals surface area contributed by atoms with E-state index >= 15 is 0 Å². The van der Waals surface area contributed by atoms with Crippen molar-refractivity contribution in [1.29, 1.82) is 0 Å². The van der Waals surface area contributed by atoms with Gasteiger partial charge in [-0.15, -0.1) is 0 Å². The molecule has 108 valence electrons. The first kappa shape index (κ1) is 14.3. The van der Waals surface area contributed by atoms with E-state index in [-0.39, 0.29) is 17.2 Å². The van der Waals surface area contributed by atoms with Gasteiger partial charge in [0.1, 0.15) is 5.54 Å². The number of hydrogen-bond donors (Lipinski definition) is 2. The largest absolute Gasteiger partial charge is 0.494 e. The minimum Gasteiger partial charge on any atom is -0.494 e. The van der Waals surface area contributed by atoms with Crippen molar-refractivity contribution in [2.75, 3.05) is 7.11 Å². The summed E-state index contributed by atoms with van der Waals surface area (Å²) in [6.45, 7) is 1.49. The van der Waals surface area contributed by atoms with Crippen molar-refractivity contribution in [3.63, 3.8) is 0 Å². The van der Waals surface area contributed by atoms with Crippen molar-refractivity contribution in [2.24, 2.45) is 5.92 Å². The fourth-order valence-electron chi connectivity index (χ4n) is 2.10. The molecule has 2 N–H and O–H groups in total. The van der Waals surface area contributed by atoms with Crippen LogP contribution in [0.4, 0.5) is 4.39 Å². The van der Waals surface area contributed by atoms with Gasteiger partial charge >= 0.3 is 5.97 Å². The maximum absolute atomic E-state index is 13.3. The number of carbonyl (C=O) groups is 2. The standard InChI is InChI=1S/C14H16FNO4/c1-14(13(18)19,9-4-5-9)16-12(17)8-3-6-10(15)11(7-8)20-2/h3,6-7,9H,4-5H2,1-2H3,(H,16,17)(H,18,19)/t14-/m1/s1. The lowest BCUT2D eigenvalue weighted by Gasteiger charge is -2.26. The van der Waals surface area contributed by atoms with E-state index in [0.717, 1.165) is 18.9 Å². The molecule has 0 unspecified atom stereocenters. The normalized spacial score (nSPS) is 17.1. The van der Waals surface area contributed by atoms with E-state index in [0.29, 0.717) is 0 Å².